The molecule has 15 heavy (non-hydrogen) atoms. The maximum atomic E-state index is 8.84. The van der Waals surface area contributed by atoms with Gasteiger partial charge in [0.05, 0.1) is 17.7 Å². The van der Waals surface area contributed by atoms with E-state index in [9.17, 15) is 0 Å². The molecule has 4 heteroatoms. The van der Waals surface area contributed by atoms with Crippen LogP contribution in [0.4, 0.5) is 0 Å². The van der Waals surface area contributed by atoms with Crippen LogP contribution in [0.3, 0.4) is 0 Å². The first-order valence-electron chi connectivity index (χ1n) is 5.06. The predicted molar refractivity (Wildman–Crippen MR) is 59.0 cm³/mol. The molecule has 0 aromatic carbocycles. The van der Waals surface area contributed by atoms with Crippen LogP contribution >= 0.6 is 0 Å². The van der Waals surface area contributed by atoms with Crippen LogP contribution in [0.2, 0.25) is 0 Å². The van der Waals surface area contributed by atoms with Gasteiger partial charge in [0.1, 0.15) is 0 Å². The van der Waals surface area contributed by atoms with Crippen molar-refractivity contribution in [2.24, 2.45) is 12.5 Å². The van der Waals surface area contributed by atoms with E-state index >= 15 is 0 Å². The van der Waals surface area contributed by atoms with E-state index in [1.165, 1.54) is 5.56 Å². The van der Waals surface area contributed by atoms with Gasteiger partial charge in [-0.25, -0.2) is 0 Å². The van der Waals surface area contributed by atoms with E-state index in [0.717, 1.165) is 12.2 Å². The zero-order valence-electron chi connectivity index (χ0n) is 9.83. The van der Waals surface area contributed by atoms with Crippen LogP contribution in [0.5, 0.6) is 0 Å². The second-order valence-electron chi connectivity index (χ2n) is 4.48. The van der Waals surface area contributed by atoms with Gasteiger partial charge in [0, 0.05) is 31.4 Å². The molecular formula is C11H18N4. The van der Waals surface area contributed by atoms with Gasteiger partial charge in [0.15, 0.2) is 0 Å². The lowest BCUT2D eigenvalue weighted by molar-refractivity contribution is 0.444. The highest BCUT2D eigenvalue weighted by atomic mass is 15.3. The van der Waals surface area contributed by atoms with E-state index in [1.54, 1.807) is 0 Å². The van der Waals surface area contributed by atoms with Crippen molar-refractivity contribution in [2.75, 3.05) is 6.54 Å². The number of hydrogen-bond acceptors (Lipinski definition) is 3. The van der Waals surface area contributed by atoms with Crippen molar-refractivity contribution in [2.45, 2.75) is 27.3 Å². The van der Waals surface area contributed by atoms with Crippen LogP contribution in [0.1, 0.15) is 25.1 Å². The van der Waals surface area contributed by atoms with E-state index < -0.39 is 0 Å². The summed E-state index contributed by atoms with van der Waals surface area (Å²) in [4.78, 5) is 0. The fraction of sp³-hybridized carbons (Fsp3) is 0.636. The number of nitriles is 1. The lowest BCUT2D eigenvalue weighted by atomic mass is 9.96. The predicted octanol–water partition coefficient (Wildman–Crippen LogP) is 1.37. The van der Waals surface area contributed by atoms with Gasteiger partial charge >= 0.3 is 0 Å². The fourth-order valence-corrected chi connectivity index (χ4v) is 1.27. The average Bonchev–Trinajstić information content (AvgIpc) is 2.49. The number of aromatic nitrogens is 2. The Kier molecular flexibility index (Phi) is 3.48. The Morgan fingerprint density at radius 3 is 2.73 bits per heavy atom. The summed E-state index contributed by atoms with van der Waals surface area (Å²) in [5.74, 6) is 0. The minimum Gasteiger partial charge on any atom is -0.311 e. The topological polar surface area (TPSA) is 53.6 Å². The standard InChI is InChI=1S/C11H18N4/c1-9-10(6-14-15(9)4)5-13-8-11(2,3)7-12/h6,13H,5,8H2,1-4H3. The molecule has 1 rings (SSSR count). The minimum absolute atomic E-state index is 0.309. The van der Waals surface area contributed by atoms with Crippen molar-refractivity contribution in [3.63, 3.8) is 0 Å². The Morgan fingerprint density at radius 2 is 2.27 bits per heavy atom. The fourth-order valence-electron chi connectivity index (χ4n) is 1.27. The molecule has 0 spiro atoms. The zero-order chi connectivity index (χ0) is 11.5. The van der Waals surface area contributed by atoms with Gasteiger partial charge in [-0.2, -0.15) is 10.4 Å². The maximum absolute atomic E-state index is 8.84. The van der Waals surface area contributed by atoms with E-state index in [2.05, 4.69) is 16.5 Å². The summed E-state index contributed by atoms with van der Waals surface area (Å²) < 4.78 is 1.85. The number of aryl methyl sites for hydroxylation is 1. The number of nitrogens with one attached hydrogen (secondary N) is 1. The molecule has 4 nitrogen and oxygen atoms in total. The zero-order valence-corrected chi connectivity index (χ0v) is 9.83. The molecule has 0 aliphatic rings. The first-order chi connectivity index (χ1) is 6.96. The highest BCUT2D eigenvalue weighted by Gasteiger charge is 2.15. The summed E-state index contributed by atoms with van der Waals surface area (Å²) in [5, 5.41) is 16.3. The summed E-state index contributed by atoms with van der Waals surface area (Å²) in [6, 6.07) is 2.26. The van der Waals surface area contributed by atoms with Crippen LogP contribution in [0.25, 0.3) is 0 Å². The molecule has 0 aliphatic carbocycles. The third-order valence-electron chi connectivity index (χ3n) is 2.52. The molecule has 1 N–H and O–H groups in total. The summed E-state index contributed by atoms with van der Waals surface area (Å²) in [5.41, 5.74) is 2.04. The van der Waals surface area contributed by atoms with Crippen LogP contribution in [0.15, 0.2) is 6.20 Å². The Bertz CT molecular complexity index is 370. The van der Waals surface area contributed by atoms with Gasteiger partial charge in [-0.3, -0.25) is 4.68 Å². The Balaban J connectivity index is 2.46. The van der Waals surface area contributed by atoms with Crippen molar-refractivity contribution >= 4 is 0 Å². The summed E-state index contributed by atoms with van der Waals surface area (Å²) in [7, 11) is 1.93. The molecule has 82 valence electrons. The van der Waals surface area contributed by atoms with Gasteiger partial charge in [-0.1, -0.05) is 0 Å². The lowest BCUT2D eigenvalue weighted by Crippen LogP contribution is -2.27. The van der Waals surface area contributed by atoms with Crippen molar-refractivity contribution in [3.8, 4) is 6.07 Å². The molecule has 0 saturated carbocycles. The van der Waals surface area contributed by atoms with Gasteiger partial charge in [0.25, 0.3) is 0 Å². The number of nitrogens with zero attached hydrogens (tertiary/aromatic N) is 3. The van der Waals surface area contributed by atoms with Crippen LogP contribution in [-0.2, 0) is 13.6 Å². The molecule has 1 aromatic heterocycles. The largest absolute Gasteiger partial charge is 0.311 e. The first kappa shape index (κ1) is 11.7. The summed E-state index contributed by atoms with van der Waals surface area (Å²) in [6.45, 7) is 7.36. The third-order valence-corrected chi connectivity index (χ3v) is 2.52. The van der Waals surface area contributed by atoms with Gasteiger partial charge in [0.2, 0.25) is 0 Å². The van der Waals surface area contributed by atoms with Crippen molar-refractivity contribution in [1.29, 1.82) is 5.26 Å². The Hall–Kier alpha value is -1.34. The van der Waals surface area contributed by atoms with Crippen LogP contribution < -0.4 is 5.32 Å². The second-order valence-corrected chi connectivity index (χ2v) is 4.48. The minimum atomic E-state index is -0.309. The van der Waals surface area contributed by atoms with Crippen molar-refractivity contribution in [3.05, 3.63) is 17.5 Å². The molecule has 0 atom stereocenters. The first-order valence-corrected chi connectivity index (χ1v) is 5.06. The van der Waals surface area contributed by atoms with Crippen molar-refractivity contribution in [1.82, 2.24) is 15.1 Å². The molecule has 1 heterocycles. The molecule has 0 fully saturated rings. The normalized spacial score (nSPS) is 11.4. The second kappa shape index (κ2) is 4.45. The van der Waals surface area contributed by atoms with E-state index in [-0.39, 0.29) is 5.41 Å². The highest BCUT2D eigenvalue weighted by molar-refractivity contribution is 5.15. The molecule has 0 saturated heterocycles. The van der Waals surface area contributed by atoms with Gasteiger partial charge in [-0.15, -0.1) is 0 Å². The van der Waals surface area contributed by atoms with E-state index in [0.29, 0.717) is 6.54 Å². The Morgan fingerprint density at radius 1 is 1.60 bits per heavy atom. The molecule has 0 aliphatic heterocycles. The van der Waals surface area contributed by atoms with E-state index in [1.807, 2.05) is 38.7 Å². The van der Waals surface area contributed by atoms with Gasteiger partial charge in [-0.05, 0) is 20.8 Å². The van der Waals surface area contributed by atoms with Crippen molar-refractivity contribution < 1.29 is 0 Å². The van der Waals surface area contributed by atoms with Crippen LogP contribution in [0, 0.1) is 23.7 Å². The highest BCUT2D eigenvalue weighted by Crippen LogP contribution is 2.11. The summed E-state index contributed by atoms with van der Waals surface area (Å²) in [6.07, 6.45) is 1.86. The molecule has 0 unspecified atom stereocenters. The molecule has 1 aromatic rings. The van der Waals surface area contributed by atoms with E-state index in [4.69, 9.17) is 5.26 Å². The van der Waals surface area contributed by atoms with Crippen LogP contribution in [-0.4, -0.2) is 16.3 Å². The Labute approximate surface area is 90.9 Å². The quantitative estimate of drug-likeness (QED) is 0.809. The average molecular weight is 206 g/mol. The molecule has 0 bridgehead atoms. The molecular weight excluding hydrogens is 188 g/mol. The molecule has 0 radical (unpaired) electrons. The van der Waals surface area contributed by atoms with Gasteiger partial charge < -0.3 is 5.32 Å². The third kappa shape index (κ3) is 3.07. The number of hydrogen-bond donors (Lipinski definition) is 1. The number of rotatable bonds is 4. The smallest absolute Gasteiger partial charge is 0.0697 e. The lowest BCUT2D eigenvalue weighted by Gasteiger charge is -2.15. The SMILES string of the molecule is Cc1c(CNCC(C)(C)C#N)cnn1C. The molecule has 0 amide bonds. The monoisotopic (exact) mass is 206 g/mol. The maximum Gasteiger partial charge on any atom is 0.0697 e. The summed E-state index contributed by atoms with van der Waals surface area (Å²) >= 11 is 0.